The van der Waals surface area contributed by atoms with Gasteiger partial charge in [-0.15, -0.1) is 0 Å². The Morgan fingerprint density at radius 3 is 2.61 bits per heavy atom. The summed E-state index contributed by atoms with van der Waals surface area (Å²) in [5.74, 6) is 1.77. The molecule has 0 aliphatic carbocycles. The van der Waals surface area contributed by atoms with Gasteiger partial charge in [0.25, 0.3) is 5.91 Å². The highest BCUT2D eigenvalue weighted by molar-refractivity contribution is 5.99. The van der Waals surface area contributed by atoms with Crippen LogP contribution in [0.5, 0.6) is 0 Å². The standard InChI is InChI=1S/C22H22N4O2/c1-14(2)16-5-7-17(8-6-16)20-10-11-23-21-19(13-25-26(20)21)22(27)24-12-18-9-4-15(3)28-18/h4-11,13-14H,12H2,1-3H3,(H,24,27). The minimum atomic E-state index is -0.233. The monoisotopic (exact) mass is 374 g/mol. The molecule has 0 aliphatic heterocycles. The van der Waals surface area contributed by atoms with E-state index in [0.29, 0.717) is 29.4 Å². The lowest BCUT2D eigenvalue weighted by molar-refractivity contribution is 0.0949. The Hall–Kier alpha value is -3.41. The number of nitrogens with zero attached hydrogens (tertiary/aromatic N) is 3. The highest BCUT2D eigenvalue weighted by Crippen LogP contribution is 2.23. The summed E-state index contributed by atoms with van der Waals surface area (Å²) in [6.07, 6.45) is 3.26. The number of amides is 1. The maximum absolute atomic E-state index is 12.6. The van der Waals surface area contributed by atoms with Crippen molar-refractivity contribution in [2.24, 2.45) is 0 Å². The Bertz CT molecular complexity index is 1120. The maximum Gasteiger partial charge on any atom is 0.257 e. The summed E-state index contributed by atoms with van der Waals surface area (Å²) >= 11 is 0. The van der Waals surface area contributed by atoms with Crippen LogP contribution in [-0.2, 0) is 6.54 Å². The Morgan fingerprint density at radius 1 is 1.14 bits per heavy atom. The molecule has 0 aliphatic rings. The number of nitrogens with one attached hydrogen (secondary N) is 1. The molecule has 0 fully saturated rings. The first-order valence-electron chi connectivity index (χ1n) is 9.29. The van der Waals surface area contributed by atoms with Gasteiger partial charge in [-0.1, -0.05) is 38.1 Å². The zero-order chi connectivity index (χ0) is 19.7. The molecule has 28 heavy (non-hydrogen) atoms. The van der Waals surface area contributed by atoms with Crippen LogP contribution in [0.4, 0.5) is 0 Å². The third-order valence-corrected chi connectivity index (χ3v) is 4.74. The number of aryl methyl sites for hydroxylation is 1. The molecular formula is C22H22N4O2. The zero-order valence-corrected chi connectivity index (χ0v) is 16.1. The van der Waals surface area contributed by atoms with Gasteiger partial charge in [0.15, 0.2) is 5.65 Å². The van der Waals surface area contributed by atoms with E-state index in [1.165, 1.54) is 5.56 Å². The molecule has 1 N–H and O–H groups in total. The summed E-state index contributed by atoms with van der Waals surface area (Å²) in [5.41, 5.74) is 4.16. The SMILES string of the molecule is Cc1ccc(CNC(=O)c2cnn3c(-c4ccc(C(C)C)cc4)ccnc23)o1. The molecule has 0 saturated carbocycles. The lowest BCUT2D eigenvalue weighted by atomic mass is 10.0. The molecular weight excluding hydrogens is 352 g/mol. The normalized spacial score (nSPS) is 11.3. The summed E-state index contributed by atoms with van der Waals surface area (Å²) in [4.78, 5) is 17.0. The van der Waals surface area contributed by atoms with Crippen LogP contribution in [0.15, 0.2) is 59.3 Å². The number of benzene rings is 1. The molecule has 0 radical (unpaired) electrons. The van der Waals surface area contributed by atoms with E-state index in [4.69, 9.17) is 4.42 Å². The smallest absolute Gasteiger partial charge is 0.257 e. The van der Waals surface area contributed by atoms with E-state index in [1.807, 2.05) is 25.1 Å². The molecule has 0 bridgehead atoms. The van der Waals surface area contributed by atoms with Crippen LogP contribution in [0, 0.1) is 6.92 Å². The van der Waals surface area contributed by atoms with E-state index in [1.54, 1.807) is 16.9 Å². The molecule has 0 saturated heterocycles. The van der Waals surface area contributed by atoms with Gasteiger partial charge in [-0.2, -0.15) is 5.10 Å². The average molecular weight is 374 g/mol. The fourth-order valence-corrected chi connectivity index (χ4v) is 3.15. The first-order valence-corrected chi connectivity index (χ1v) is 9.29. The predicted molar refractivity (Wildman–Crippen MR) is 107 cm³/mol. The van der Waals surface area contributed by atoms with Gasteiger partial charge in [0, 0.05) is 11.8 Å². The molecule has 142 valence electrons. The summed E-state index contributed by atoms with van der Waals surface area (Å²) in [6.45, 7) is 6.53. The molecule has 1 aromatic carbocycles. The molecule has 0 unspecified atom stereocenters. The second kappa shape index (κ2) is 7.31. The van der Waals surface area contributed by atoms with Crippen molar-refractivity contribution in [3.8, 4) is 11.3 Å². The topological polar surface area (TPSA) is 72.4 Å². The Kier molecular flexibility index (Phi) is 4.69. The maximum atomic E-state index is 12.6. The number of aromatic nitrogens is 3. The first-order chi connectivity index (χ1) is 13.5. The number of carbonyl (C=O) groups excluding carboxylic acids is 1. The minimum absolute atomic E-state index is 0.233. The molecule has 6 nitrogen and oxygen atoms in total. The van der Waals surface area contributed by atoms with E-state index in [0.717, 1.165) is 17.0 Å². The van der Waals surface area contributed by atoms with Crippen molar-refractivity contribution in [3.63, 3.8) is 0 Å². The highest BCUT2D eigenvalue weighted by Gasteiger charge is 2.16. The summed E-state index contributed by atoms with van der Waals surface area (Å²) < 4.78 is 7.20. The van der Waals surface area contributed by atoms with E-state index in [9.17, 15) is 4.79 Å². The predicted octanol–water partition coefficient (Wildman–Crippen LogP) is 4.35. The zero-order valence-electron chi connectivity index (χ0n) is 16.1. The fraction of sp³-hybridized carbons (Fsp3) is 0.227. The van der Waals surface area contributed by atoms with Crippen LogP contribution in [0.1, 0.15) is 47.2 Å². The van der Waals surface area contributed by atoms with Crippen LogP contribution in [-0.4, -0.2) is 20.5 Å². The van der Waals surface area contributed by atoms with Gasteiger partial charge in [0.1, 0.15) is 17.1 Å². The molecule has 3 heterocycles. The fourth-order valence-electron chi connectivity index (χ4n) is 3.15. The van der Waals surface area contributed by atoms with Gasteiger partial charge in [-0.05, 0) is 36.6 Å². The lowest BCUT2D eigenvalue weighted by Crippen LogP contribution is -2.22. The van der Waals surface area contributed by atoms with Crippen LogP contribution in [0.2, 0.25) is 0 Å². The van der Waals surface area contributed by atoms with Crippen molar-refractivity contribution >= 4 is 11.6 Å². The van der Waals surface area contributed by atoms with Gasteiger partial charge in [0.2, 0.25) is 0 Å². The summed E-state index contributed by atoms with van der Waals surface area (Å²) in [6, 6.07) is 14.0. The molecule has 3 aromatic heterocycles. The average Bonchev–Trinajstić information content (AvgIpc) is 3.32. The quantitative estimate of drug-likeness (QED) is 0.564. The summed E-state index contributed by atoms with van der Waals surface area (Å²) in [5, 5.41) is 7.26. The van der Waals surface area contributed by atoms with E-state index in [2.05, 4.69) is 53.5 Å². The highest BCUT2D eigenvalue weighted by atomic mass is 16.3. The minimum Gasteiger partial charge on any atom is -0.465 e. The van der Waals surface area contributed by atoms with Crippen LogP contribution in [0.25, 0.3) is 16.9 Å². The van der Waals surface area contributed by atoms with E-state index < -0.39 is 0 Å². The Morgan fingerprint density at radius 2 is 1.93 bits per heavy atom. The number of carbonyl (C=O) groups is 1. The largest absolute Gasteiger partial charge is 0.465 e. The van der Waals surface area contributed by atoms with Crippen molar-refractivity contribution < 1.29 is 9.21 Å². The van der Waals surface area contributed by atoms with Crippen molar-refractivity contribution in [1.82, 2.24) is 19.9 Å². The molecule has 4 aromatic rings. The number of furan rings is 1. The number of hydrogen-bond acceptors (Lipinski definition) is 4. The van der Waals surface area contributed by atoms with Crippen molar-refractivity contribution in [2.45, 2.75) is 33.2 Å². The molecule has 1 amide bonds. The number of rotatable bonds is 5. The Balaban J connectivity index is 1.61. The van der Waals surface area contributed by atoms with Gasteiger partial charge < -0.3 is 9.73 Å². The Labute approximate surface area is 163 Å². The number of hydrogen-bond donors (Lipinski definition) is 1. The second-order valence-electron chi connectivity index (χ2n) is 7.10. The first kappa shape index (κ1) is 18.0. The summed E-state index contributed by atoms with van der Waals surface area (Å²) in [7, 11) is 0. The lowest BCUT2D eigenvalue weighted by Gasteiger charge is -2.08. The third-order valence-electron chi connectivity index (χ3n) is 4.74. The van der Waals surface area contributed by atoms with Gasteiger partial charge in [-0.25, -0.2) is 9.50 Å². The van der Waals surface area contributed by atoms with Gasteiger partial charge in [0.05, 0.1) is 18.4 Å². The van der Waals surface area contributed by atoms with Gasteiger partial charge >= 0.3 is 0 Å². The van der Waals surface area contributed by atoms with E-state index in [-0.39, 0.29) is 5.91 Å². The molecule has 0 spiro atoms. The molecule has 6 heteroatoms. The van der Waals surface area contributed by atoms with Gasteiger partial charge in [-0.3, -0.25) is 4.79 Å². The van der Waals surface area contributed by atoms with Crippen LogP contribution in [0.3, 0.4) is 0 Å². The number of fused-ring (bicyclic) bond motifs is 1. The third kappa shape index (κ3) is 3.41. The van der Waals surface area contributed by atoms with Crippen molar-refractivity contribution in [1.29, 1.82) is 0 Å². The molecule has 0 atom stereocenters. The van der Waals surface area contributed by atoms with Crippen molar-refractivity contribution in [3.05, 3.63) is 77.5 Å². The second-order valence-corrected chi connectivity index (χ2v) is 7.10. The molecule has 4 rings (SSSR count). The van der Waals surface area contributed by atoms with E-state index >= 15 is 0 Å². The van der Waals surface area contributed by atoms with Crippen LogP contribution < -0.4 is 5.32 Å². The van der Waals surface area contributed by atoms with Crippen molar-refractivity contribution in [2.75, 3.05) is 0 Å². The van der Waals surface area contributed by atoms with Crippen LogP contribution >= 0.6 is 0 Å².